The summed E-state index contributed by atoms with van der Waals surface area (Å²) >= 11 is 0. The molecule has 0 bridgehead atoms. The van der Waals surface area contributed by atoms with Gasteiger partial charge in [0, 0.05) is 6.54 Å². The lowest BCUT2D eigenvalue weighted by molar-refractivity contribution is -0.161. The highest BCUT2D eigenvalue weighted by Crippen LogP contribution is 2.16. The van der Waals surface area contributed by atoms with E-state index in [1.54, 1.807) is 6.08 Å². The molecule has 20 heavy (non-hydrogen) atoms. The van der Waals surface area contributed by atoms with Crippen LogP contribution in [0.2, 0.25) is 0 Å². The van der Waals surface area contributed by atoms with Gasteiger partial charge in [0.2, 0.25) is 0 Å². The Balaban J connectivity index is 4.35. The van der Waals surface area contributed by atoms with Crippen molar-refractivity contribution in [1.82, 2.24) is 5.32 Å². The first kappa shape index (κ1) is 18.8. The Bertz CT molecular complexity index is 344. The molecule has 2 nitrogen and oxygen atoms in total. The minimum Gasteiger partial charge on any atom is -0.492 e. The molecule has 0 atom stereocenters. The average molecular weight is 291 g/mol. The van der Waals surface area contributed by atoms with Gasteiger partial charge in [0.05, 0.1) is 6.26 Å². The van der Waals surface area contributed by atoms with Crippen molar-refractivity contribution in [3.05, 3.63) is 35.6 Å². The predicted octanol–water partition coefficient (Wildman–Crippen LogP) is 4.36. The van der Waals surface area contributed by atoms with Gasteiger partial charge in [-0.05, 0) is 39.3 Å². The molecule has 0 amide bonds. The number of allylic oxidation sites excluding steroid dienone is 4. The Labute approximate surface area is 119 Å². The molecule has 0 unspecified atom stereocenters. The molecular weight excluding hydrogens is 267 g/mol. The molecule has 5 heteroatoms. The quantitative estimate of drug-likeness (QED) is 0.503. The molecule has 0 aliphatic carbocycles. The van der Waals surface area contributed by atoms with Crippen LogP contribution in [-0.2, 0) is 4.74 Å². The summed E-state index contributed by atoms with van der Waals surface area (Å²) in [5.41, 5.74) is 2.39. The maximum atomic E-state index is 11.9. The van der Waals surface area contributed by atoms with E-state index >= 15 is 0 Å². The Morgan fingerprint density at radius 2 is 1.85 bits per heavy atom. The van der Waals surface area contributed by atoms with Gasteiger partial charge in [-0.15, -0.1) is 0 Å². The Morgan fingerprint density at radius 1 is 1.15 bits per heavy atom. The summed E-state index contributed by atoms with van der Waals surface area (Å²) in [5, 5.41) is 3.07. The molecular formula is C15H24F3NO. The van der Waals surface area contributed by atoms with Crippen LogP contribution in [-0.4, -0.2) is 26.4 Å². The number of nitrogens with one attached hydrogen (secondary N) is 1. The average Bonchev–Trinajstić information content (AvgIpc) is 2.36. The van der Waals surface area contributed by atoms with E-state index in [1.165, 1.54) is 11.1 Å². The van der Waals surface area contributed by atoms with E-state index in [-0.39, 0.29) is 0 Å². The number of halogens is 3. The van der Waals surface area contributed by atoms with E-state index < -0.39 is 12.8 Å². The lowest BCUT2D eigenvalue weighted by Gasteiger charge is -2.09. The maximum absolute atomic E-state index is 11.9. The van der Waals surface area contributed by atoms with Crippen LogP contribution in [0.25, 0.3) is 0 Å². The van der Waals surface area contributed by atoms with Crippen LogP contribution >= 0.6 is 0 Å². The van der Waals surface area contributed by atoms with Gasteiger partial charge in [-0.2, -0.15) is 13.2 Å². The SMILES string of the molecule is CC/C=C\C/C(C)=C(/C/C=C\OCC(F)(F)F)CNC. The van der Waals surface area contributed by atoms with Crippen molar-refractivity contribution in [1.29, 1.82) is 0 Å². The third-order valence-electron chi connectivity index (χ3n) is 2.62. The van der Waals surface area contributed by atoms with Crippen LogP contribution < -0.4 is 5.32 Å². The summed E-state index contributed by atoms with van der Waals surface area (Å²) < 4.78 is 40.1. The second-order valence-electron chi connectivity index (χ2n) is 4.50. The van der Waals surface area contributed by atoms with Crippen molar-refractivity contribution < 1.29 is 17.9 Å². The summed E-state index contributed by atoms with van der Waals surface area (Å²) in [5.74, 6) is 0. The smallest absolute Gasteiger partial charge is 0.422 e. The number of alkyl halides is 3. The van der Waals surface area contributed by atoms with Gasteiger partial charge in [0.25, 0.3) is 0 Å². The fourth-order valence-corrected chi connectivity index (χ4v) is 1.58. The molecule has 0 radical (unpaired) electrons. The van der Waals surface area contributed by atoms with Crippen LogP contribution in [0.4, 0.5) is 13.2 Å². The van der Waals surface area contributed by atoms with Crippen molar-refractivity contribution in [3.8, 4) is 0 Å². The first-order chi connectivity index (χ1) is 9.40. The summed E-state index contributed by atoms with van der Waals surface area (Å²) in [4.78, 5) is 0. The normalized spacial score (nSPS) is 14.1. The Morgan fingerprint density at radius 3 is 2.40 bits per heavy atom. The number of ether oxygens (including phenoxy) is 1. The standard InChI is InChI=1S/C15H24F3NO/c1-4-5-6-8-13(2)14(11-19-3)9-7-10-20-12-15(16,17)18/h5-7,10,19H,4,8-9,11-12H2,1-3H3/b6-5-,10-7-,14-13-. The predicted molar refractivity (Wildman–Crippen MR) is 76.4 cm³/mol. The lowest BCUT2D eigenvalue weighted by Crippen LogP contribution is -2.14. The van der Waals surface area contributed by atoms with Gasteiger partial charge < -0.3 is 10.1 Å². The molecule has 0 aliphatic heterocycles. The first-order valence-corrected chi connectivity index (χ1v) is 6.71. The third kappa shape index (κ3) is 10.7. The Hall–Kier alpha value is -1.23. The molecule has 0 aliphatic rings. The topological polar surface area (TPSA) is 21.3 Å². The number of hydrogen-bond acceptors (Lipinski definition) is 2. The van der Waals surface area contributed by atoms with Gasteiger partial charge in [-0.1, -0.05) is 30.2 Å². The van der Waals surface area contributed by atoms with E-state index in [2.05, 4.69) is 29.1 Å². The Kier molecular flexibility index (Phi) is 9.90. The highest BCUT2D eigenvalue weighted by Gasteiger charge is 2.27. The summed E-state index contributed by atoms with van der Waals surface area (Å²) in [6.45, 7) is 3.59. The number of likely N-dealkylation sites (N-methyl/N-ethyl adjacent to an activating group) is 1. The molecule has 0 aromatic carbocycles. The van der Waals surface area contributed by atoms with Crippen LogP contribution in [0.3, 0.4) is 0 Å². The van der Waals surface area contributed by atoms with Crippen molar-refractivity contribution in [2.75, 3.05) is 20.2 Å². The highest BCUT2D eigenvalue weighted by molar-refractivity contribution is 5.19. The largest absolute Gasteiger partial charge is 0.492 e. The van der Waals surface area contributed by atoms with Crippen LogP contribution in [0.5, 0.6) is 0 Å². The maximum Gasteiger partial charge on any atom is 0.422 e. The van der Waals surface area contributed by atoms with E-state index in [0.29, 0.717) is 6.42 Å². The van der Waals surface area contributed by atoms with Crippen molar-refractivity contribution in [2.45, 2.75) is 39.3 Å². The second-order valence-corrected chi connectivity index (χ2v) is 4.50. The molecule has 0 heterocycles. The van der Waals surface area contributed by atoms with Crippen LogP contribution in [0.15, 0.2) is 35.6 Å². The van der Waals surface area contributed by atoms with Crippen molar-refractivity contribution >= 4 is 0 Å². The van der Waals surface area contributed by atoms with Crippen LogP contribution in [0.1, 0.15) is 33.1 Å². The van der Waals surface area contributed by atoms with Gasteiger partial charge in [0.1, 0.15) is 0 Å². The zero-order chi connectivity index (χ0) is 15.4. The fraction of sp³-hybridized carbons (Fsp3) is 0.600. The van der Waals surface area contributed by atoms with Gasteiger partial charge in [0.15, 0.2) is 6.61 Å². The van der Waals surface area contributed by atoms with Crippen molar-refractivity contribution in [2.24, 2.45) is 0 Å². The monoisotopic (exact) mass is 291 g/mol. The van der Waals surface area contributed by atoms with E-state index in [0.717, 1.165) is 25.6 Å². The number of hydrogen-bond donors (Lipinski definition) is 1. The second kappa shape index (κ2) is 10.5. The molecule has 116 valence electrons. The lowest BCUT2D eigenvalue weighted by atomic mass is 10.0. The third-order valence-corrected chi connectivity index (χ3v) is 2.62. The fourth-order valence-electron chi connectivity index (χ4n) is 1.58. The molecule has 0 rings (SSSR count). The summed E-state index contributed by atoms with van der Waals surface area (Å²) in [7, 11) is 1.85. The zero-order valence-corrected chi connectivity index (χ0v) is 12.4. The van der Waals surface area contributed by atoms with Crippen LogP contribution in [0, 0.1) is 0 Å². The molecule has 0 fully saturated rings. The first-order valence-electron chi connectivity index (χ1n) is 6.71. The molecule has 1 N–H and O–H groups in total. The van der Waals surface area contributed by atoms with E-state index in [1.807, 2.05) is 14.0 Å². The molecule has 0 aromatic rings. The molecule has 0 spiro atoms. The summed E-state index contributed by atoms with van der Waals surface area (Å²) in [6.07, 6.45) is 5.11. The number of rotatable bonds is 9. The summed E-state index contributed by atoms with van der Waals surface area (Å²) in [6, 6.07) is 0. The van der Waals surface area contributed by atoms with Gasteiger partial charge >= 0.3 is 6.18 Å². The van der Waals surface area contributed by atoms with Gasteiger partial charge in [-0.3, -0.25) is 0 Å². The molecule has 0 saturated carbocycles. The van der Waals surface area contributed by atoms with Crippen molar-refractivity contribution in [3.63, 3.8) is 0 Å². The van der Waals surface area contributed by atoms with E-state index in [4.69, 9.17) is 0 Å². The minimum absolute atomic E-state index is 0.588. The van der Waals surface area contributed by atoms with E-state index in [9.17, 15) is 13.2 Å². The molecule has 0 saturated heterocycles. The molecule has 0 aromatic heterocycles. The van der Waals surface area contributed by atoms with Gasteiger partial charge in [-0.25, -0.2) is 0 Å². The zero-order valence-electron chi connectivity index (χ0n) is 12.4. The highest BCUT2D eigenvalue weighted by atomic mass is 19.4. The minimum atomic E-state index is -4.28.